The lowest BCUT2D eigenvalue weighted by atomic mass is 9.95. The smallest absolute Gasteiger partial charge is 0.295 e. The maximum Gasteiger partial charge on any atom is 0.295 e. The Bertz CT molecular complexity index is 1190. The molecule has 1 atom stereocenters. The number of imidazole rings is 1. The van der Waals surface area contributed by atoms with Crippen LogP contribution in [0.5, 0.6) is 5.75 Å². The highest BCUT2D eigenvalue weighted by atomic mass is 19.1. The first-order chi connectivity index (χ1) is 16.3. The van der Waals surface area contributed by atoms with E-state index in [9.17, 15) is 19.1 Å². The van der Waals surface area contributed by atoms with Gasteiger partial charge in [-0.05, 0) is 62.2 Å². The number of likely N-dealkylation sites (tertiary alicyclic amines) is 1. The van der Waals surface area contributed by atoms with Crippen LogP contribution in [0.1, 0.15) is 37.4 Å². The number of aryl methyl sites for hydroxylation is 1. The van der Waals surface area contributed by atoms with Gasteiger partial charge in [-0.3, -0.25) is 9.59 Å². The number of nitrogens with zero attached hydrogens (tertiary/aromatic N) is 3. The van der Waals surface area contributed by atoms with Gasteiger partial charge in [0.25, 0.3) is 11.7 Å². The van der Waals surface area contributed by atoms with Crippen LogP contribution in [0, 0.1) is 5.82 Å². The zero-order valence-electron chi connectivity index (χ0n) is 19.0. The second kappa shape index (κ2) is 9.91. The first-order valence-electron chi connectivity index (χ1n) is 11.1. The van der Waals surface area contributed by atoms with Crippen molar-refractivity contribution in [2.24, 2.45) is 0 Å². The predicted octanol–water partition coefficient (Wildman–Crippen LogP) is 4.32. The molecule has 1 fully saturated rings. The number of benzene rings is 2. The fourth-order valence-corrected chi connectivity index (χ4v) is 4.06. The average molecular weight is 464 g/mol. The van der Waals surface area contributed by atoms with Crippen molar-refractivity contribution in [2.45, 2.75) is 39.0 Å². The number of aliphatic hydroxyl groups is 1. The molecule has 1 unspecified atom stereocenters. The highest BCUT2D eigenvalue weighted by molar-refractivity contribution is 6.46. The number of aliphatic hydroxyl groups excluding tert-OH is 1. The van der Waals surface area contributed by atoms with Crippen molar-refractivity contribution in [1.29, 1.82) is 0 Å². The van der Waals surface area contributed by atoms with E-state index >= 15 is 0 Å². The maximum atomic E-state index is 13.4. The molecule has 2 aromatic carbocycles. The molecule has 7 nitrogen and oxygen atoms in total. The minimum absolute atomic E-state index is 0.00172. The Morgan fingerprint density at radius 3 is 2.41 bits per heavy atom. The molecule has 1 saturated heterocycles. The molecule has 176 valence electrons. The minimum atomic E-state index is -0.777. The van der Waals surface area contributed by atoms with Gasteiger partial charge in [-0.15, -0.1) is 0 Å². The Kier molecular flexibility index (Phi) is 6.77. The molecule has 1 aliphatic rings. The molecular weight excluding hydrogens is 437 g/mol. The summed E-state index contributed by atoms with van der Waals surface area (Å²) in [6, 6.07) is 11.5. The molecule has 0 aliphatic carbocycles. The van der Waals surface area contributed by atoms with Gasteiger partial charge in [-0.25, -0.2) is 9.37 Å². The van der Waals surface area contributed by atoms with Crippen molar-refractivity contribution in [1.82, 2.24) is 14.5 Å². The van der Waals surface area contributed by atoms with Gasteiger partial charge in [-0.2, -0.15) is 0 Å². The van der Waals surface area contributed by atoms with Crippen LogP contribution in [-0.4, -0.2) is 43.9 Å². The fourth-order valence-electron chi connectivity index (χ4n) is 4.06. The van der Waals surface area contributed by atoms with Gasteiger partial charge in [0.15, 0.2) is 0 Å². The first-order valence-corrected chi connectivity index (χ1v) is 11.1. The summed E-state index contributed by atoms with van der Waals surface area (Å²) in [6.45, 7) is 4.77. The monoisotopic (exact) mass is 463 g/mol. The van der Waals surface area contributed by atoms with Crippen LogP contribution in [0.4, 0.5) is 4.39 Å². The number of ether oxygens (including phenoxy) is 1. The summed E-state index contributed by atoms with van der Waals surface area (Å²) in [4.78, 5) is 31.6. The van der Waals surface area contributed by atoms with Crippen molar-refractivity contribution in [3.05, 3.63) is 89.8 Å². The van der Waals surface area contributed by atoms with Crippen molar-refractivity contribution in [3.63, 3.8) is 0 Å². The second-order valence-corrected chi connectivity index (χ2v) is 8.39. The molecule has 0 bridgehead atoms. The molecule has 4 rings (SSSR count). The van der Waals surface area contributed by atoms with Crippen LogP contribution in [0.15, 0.2) is 72.8 Å². The Hall–Kier alpha value is -3.94. The van der Waals surface area contributed by atoms with Gasteiger partial charge in [0, 0.05) is 31.0 Å². The van der Waals surface area contributed by atoms with E-state index in [2.05, 4.69) is 4.98 Å². The van der Waals surface area contributed by atoms with E-state index in [-0.39, 0.29) is 23.0 Å². The van der Waals surface area contributed by atoms with E-state index < -0.39 is 23.5 Å². The summed E-state index contributed by atoms with van der Waals surface area (Å²) >= 11 is 0. The van der Waals surface area contributed by atoms with E-state index in [1.807, 2.05) is 24.6 Å². The Labute approximate surface area is 197 Å². The Morgan fingerprint density at radius 2 is 1.79 bits per heavy atom. The lowest BCUT2D eigenvalue weighted by molar-refractivity contribution is -0.139. The largest absolute Gasteiger partial charge is 0.507 e. The molecule has 1 N–H and O–H groups in total. The number of aromatic nitrogens is 2. The first kappa shape index (κ1) is 23.2. The molecule has 3 aromatic rings. The quantitative estimate of drug-likeness (QED) is 0.306. The zero-order chi connectivity index (χ0) is 24.2. The number of hydrogen-bond acceptors (Lipinski definition) is 5. The van der Waals surface area contributed by atoms with Crippen molar-refractivity contribution < 1.29 is 23.8 Å². The Morgan fingerprint density at radius 1 is 1.09 bits per heavy atom. The number of Topliss-reactive ketones (excluding diaryl/α,β-unsaturated/α-hetero) is 1. The van der Waals surface area contributed by atoms with Crippen LogP contribution in [-0.2, 0) is 16.1 Å². The van der Waals surface area contributed by atoms with Crippen LogP contribution in [0.25, 0.3) is 5.76 Å². The van der Waals surface area contributed by atoms with Crippen LogP contribution in [0.3, 0.4) is 0 Å². The number of halogens is 1. The van der Waals surface area contributed by atoms with Crippen LogP contribution >= 0.6 is 0 Å². The summed E-state index contributed by atoms with van der Waals surface area (Å²) < 4.78 is 21.0. The number of ketones is 1. The molecule has 1 aromatic heterocycles. The summed E-state index contributed by atoms with van der Waals surface area (Å²) in [5.41, 5.74) is 0.918. The number of hydrogen-bond donors (Lipinski definition) is 1. The topological polar surface area (TPSA) is 84.7 Å². The summed E-state index contributed by atoms with van der Waals surface area (Å²) in [5, 5.41) is 11.0. The van der Waals surface area contributed by atoms with Gasteiger partial charge in [0.1, 0.15) is 17.3 Å². The molecule has 0 saturated carbocycles. The van der Waals surface area contributed by atoms with E-state index in [4.69, 9.17) is 4.74 Å². The molecule has 0 radical (unpaired) electrons. The van der Waals surface area contributed by atoms with Crippen LogP contribution < -0.4 is 4.74 Å². The van der Waals surface area contributed by atoms with Gasteiger partial charge < -0.3 is 19.3 Å². The standard InChI is InChI=1S/C26H26FN3O4/c1-17(2)34-21-10-6-18(7-11-21)23-22(24(31)19-4-8-20(27)9-5-19)25(32)26(33)30(23)14-3-13-29-15-12-28-16-29/h4-12,15-17,23,31H,3,13-14H2,1-2H3. The highest BCUT2D eigenvalue weighted by Crippen LogP contribution is 2.40. The minimum Gasteiger partial charge on any atom is -0.507 e. The molecule has 1 amide bonds. The number of carbonyl (C=O) groups is 2. The van der Waals surface area contributed by atoms with Crippen molar-refractivity contribution in [2.75, 3.05) is 6.54 Å². The fraction of sp³-hybridized carbons (Fsp3) is 0.269. The molecular formula is C26H26FN3O4. The average Bonchev–Trinajstić information content (AvgIpc) is 3.42. The highest BCUT2D eigenvalue weighted by Gasteiger charge is 2.45. The van der Waals surface area contributed by atoms with Crippen LogP contribution in [0.2, 0.25) is 0 Å². The number of carbonyl (C=O) groups excluding carboxylic acids is 2. The number of amides is 1. The molecule has 34 heavy (non-hydrogen) atoms. The second-order valence-electron chi connectivity index (χ2n) is 8.39. The van der Waals surface area contributed by atoms with Gasteiger partial charge in [-0.1, -0.05) is 12.1 Å². The maximum absolute atomic E-state index is 13.4. The molecule has 8 heteroatoms. The third kappa shape index (κ3) is 4.85. The van der Waals surface area contributed by atoms with E-state index in [0.29, 0.717) is 30.8 Å². The van der Waals surface area contributed by atoms with E-state index in [1.165, 1.54) is 29.2 Å². The zero-order valence-corrected chi connectivity index (χ0v) is 19.0. The summed E-state index contributed by atoms with van der Waals surface area (Å²) in [7, 11) is 0. The molecule has 2 heterocycles. The Balaban J connectivity index is 1.71. The molecule has 1 aliphatic heterocycles. The van der Waals surface area contributed by atoms with Gasteiger partial charge >= 0.3 is 0 Å². The van der Waals surface area contributed by atoms with Gasteiger partial charge in [0.05, 0.1) is 24.0 Å². The summed E-state index contributed by atoms with van der Waals surface area (Å²) in [6.07, 6.45) is 5.78. The van der Waals surface area contributed by atoms with E-state index in [0.717, 1.165) is 0 Å². The van der Waals surface area contributed by atoms with Gasteiger partial charge in [0.2, 0.25) is 0 Å². The lowest BCUT2D eigenvalue weighted by Gasteiger charge is -2.25. The van der Waals surface area contributed by atoms with Crippen molar-refractivity contribution >= 4 is 17.4 Å². The third-order valence-electron chi connectivity index (χ3n) is 5.60. The SMILES string of the molecule is CC(C)Oc1ccc(C2C(=C(O)c3ccc(F)cc3)C(=O)C(=O)N2CCCn2ccnc2)cc1. The summed E-state index contributed by atoms with van der Waals surface area (Å²) in [5.74, 6) is -1.58. The van der Waals surface area contributed by atoms with Crippen molar-refractivity contribution in [3.8, 4) is 5.75 Å². The predicted molar refractivity (Wildman–Crippen MR) is 124 cm³/mol. The third-order valence-corrected chi connectivity index (χ3v) is 5.60. The molecule has 0 spiro atoms. The number of rotatable bonds is 8. The lowest BCUT2D eigenvalue weighted by Crippen LogP contribution is -2.31. The van der Waals surface area contributed by atoms with E-state index in [1.54, 1.807) is 36.8 Å². The normalized spacial score (nSPS) is 17.5.